The molecule has 0 saturated carbocycles. The molecule has 0 bridgehead atoms. The molecule has 0 aromatic heterocycles. The van der Waals surface area contributed by atoms with E-state index in [1.54, 1.807) is 12.1 Å². The van der Waals surface area contributed by atoms with Crippen LogP contribution in [-0.4, -0.2) is 5.78 Å². The zero-order valence-corrected chi connectivity index (χ0v) is 12.8. The number of benzene rings is 2. The van der Waals surface area contributed by atoms with Crippen LogP contribution in [0.2, 0.25) is 0 Å². The Balaban J connectivity index is 2.20. The van der Waals surface area contributed by atoms with Crippen molar-refractivity contribution < 1.29 is 13.6 Å². The SMILES string of the molecule is O=C(Cc1ccc(F)c(Br)c1)c1ccc(Br)c(F)c1. The van der Waals surface area contributed by atoms with Gasteiger partial charge in [-0.1, -0.05) is 12.1 Å². The molecular formula is C14H8Br2F2O. The maximum atomic E-state index is 13.3. The lowest BCUT2D eigenvalue weighted by molar-refractivity contribution is 0.0992. The lowest BCUT2D eigenvalue weighted by Gasteiger charge is -2.04. The summed E-state index contributed by atoms with van der Waals surface area (Å²) in [5.74, 6) is -1.08. The first kappa shape index (κ1) is 14.3. The summed E-state index contributed by atoms with van der Waals surface area (Å²) in [6.07, 6.45) is 0.0972. The highest BCUT2D eigenvalue weighted by molar-refractivity contribution is 9.10. The van der Waals surface area contributed by atoms with Gasteiger partial charge in [0.15, 0.2) is 5.78 Å². The number of ketones is 1. The van der Waals surface area contributed by atoms with Gasteiger partial charge in [-0.3, -0.25) is 4.79 Å². The van der Waals surface area contributed by atoms with Gasteiger partial charge in [-0.2, -0.15) is 0 Å². The quantitative estimate of drug-likeness (QED) is 0.681. The summed E-state index contributed by atoms with van der Waals surface area (Å²) in [5.41, 5.74) is 0.961. The molecule has 1 nitrogen and oxygen atoms in total. The highest BCUT2D eigenvalue weighted by Gasteiger charge is 2.11. The summed E-state index contributed by atoms with van der Waals surface area (Å²) < 4.78 is 27.0. The van der Waals surface area contributed by atoms with E-state index in [0.29, 0.717) is 20.1 Å². The molecule has 0 saturated heterocycles. The first-order chi connectivity index (χ1) is 8.97. The Bertz CT molecular complexity index is 641. The first-order valence-electron chi connectivity index (χ1n) is 5.39. The Labute approximate surface area is 125 Å². The van der Waals surface area contributed by atoms with E-state index in [2.05, 4.69) is 31.9 Å². The third-order valence-electron chi connectivity index (χ3n) is 2.59. The second-order valence-corrected chi connectivity index (χ2v) is 5.69. The maximum absolute atomic E-state index is 13.3. The van der Waals surface area contributed by atoms with Crippen molar-refractivity contribution in [2.75, 3.05) is 0 Å². The van der Waals surface area contributed by atoms with E-state index in [-0.39, 0.29) is 18.0 Å². The second-order valence-electron chi connectivity index (χ2n) is 3.98. The Morgan fingerprint density at radius 2 is 1.68 bits per heavy atom. The van der Waals surface area contributed by atoms with Gasteiger partial charge in [0.1, 0.15) is 11.6 Å². The zero-order valence-electron chi connectivity index (χ0n) is 9.59. The molecule has 0 heterocycles. The van der Waals surface area contributed by atoms with Gasteiger partial charge in [0.05, 0.1) is 8.95 Å². The van der Waals surface area contributed by atoms with E-state index in [4.69, 9.17) is 0 Å². The molecular weight excluding hydrogens is 382 g/mol. The second kappa shape index (κ2) is 5.92. The fourth-order valence-electron chi connectivity index (χ4n) is 1.61. The Kier molecular flexibility index (Phi) is 4.47. The van der Waals surface area contributed by atoms with Gasteiger partial charge in [-0.05, 0) is 61.7 Å². The Morgan fingerprint density at radius 1 is 0.947 bits per heavy atom. The number of Topliss-reactive ketones (excluding diaryl/α,β-unsaturated/α-hetero) is 1. The van der Waals surface area contributed by atoms with Crippen LogP contribution in [0.3, 0.4) is 0 Å². The van der Waals surface area contributed by atoms with Gasteiger partial charge < -0.3 is 0 Å². The first-order valence-corrected chi connectivity index (χ1v) is 6.98. The van der Waals surface area contributed by atoms with Crippen molar-refractivity contribution in [3.8, 4) is 0 Å². The molecule has 0 fully saturated rings. The Hall–Kier alpha value is -1.07. The highest BCUT2D eigenvalue weighted by Crippen LogP contribution is 2.20. The van der Waals surface area contributed by atoms with Gasteiger partial charge in [0.25, 0.3) is 0 Å². The summed E-state index contributed by atoms with van der Waals surface area (Å²) >= 11 is 6.09. The minimum Gasteiger partial charge on any atom is -0.294 e. The van der Waals surface area contributed by atoms with Gasteiger partial charge in [0, 0.05) is 12.0 Å². The average molecular weight is 390 g/mol. The van der Waals surface area contributed by atoms with E-state index < -0.39 is 5.82 Å². The smallest absolute Gasteiger partial charge is 0.167 e. The zero-order chi connectivity index (χ0) is 14.0. The molecule has 0 radical (unpaired) electrons. The van der Waals surface area contributed by atoms with Crippen LogP contribution >= 0.6 is 31.9 Å². The summed E-state index contributed by atoms with van der Waals surface area (Å²) in [4.78, 5) is 12.0. The molecule has 0 spiro atoms. The van der Waals surface area contributed by atoms with Gasteiger partial charge >= 0.3 is 0 Å². The molecule has 0 aliphatic carbocycles. The van der Waals surface area contributed by atoms with Crippen LogP contribution in [-0.2, 0) is 6.42 Å². The molecule has 0 amide bonds. The van der Waals surface area contributed by atoms with Crippen LogP contribution in [0, 0.1) is 11.6 Å². The molecule has 19 heavy (non-hydrogen) atoms. The van der Waals surface area contributed by atoms with Crippen molar-refractivity contribution >= 4 is 37.6 Å². The monoisotopic (exact) mass is 388 g/mol. The van der Waals surface area contributed by atoms with E-state index in [9.17, 15) is 13.6 Å². The topological polar surface area (TPSA) is 17.1 Å². The van der Waals surface area contributed by atoms with Crippen molar-refractivity contribution in [3.05, 3.63) is 68.1 Å². The molecule has 0 aliphatic rings. The van der Waals surface area contributed by atoms with Crippen molar-refractivity contribution in [2.24, 2.45) is 0 Å². The van der Waals surface area contributed by atoms with Gasteiger partial charge in [-0.15, -0.1) is 0 Å². The third-order valence-corrected chi connectivity index (χ3v) is 3.84. The predicted molar refractivity (Wildman–Crippen MR) is 76.2 cm³/mol. The lowest BCUT2D eigenvalue weighted by Crippen LogP contribution is -2.04. The summed E-state index contributed by atoms with van der Waals surface area (Å²) in [6.45, 7) is 0. The molecule has 0 aliphatic heterocycles. The molecule has 2 aromatic carbocycles. The van der Waals surface area contributed by atoms with Crippen LogP contribution in [0.15, 0.2) is 45.3 Å². The average Bonchev–Trinajstić information content (AvgIpc) is 2.37. The lowest BCUT2D eigenvalue weighted by atomic mass is 10.0. The van der Waals surface area contributed by atoms with E-state index >= 15 is 0 Å². The number of rotatable bonds is 3. The minimum atomic E-state index is -0.480. The third kappa shape index (κ3) is 3.48. The number of hydrogen-bond acceptors (Lipinski definition) is 1. The van der Waals surface area contributed by atoms with Crippen LogP contribution in [0.1, 0.15) is 15.9 Å². The van der Waals surface area contributed by atoms with Crippen LogP contribution < -0.4 is 0 Å². The predicted octanol–water partition coefficient (Wildman–Crippen LogP) is 4.92. The minimum absolute atomic E-state index is 0.0972. The molecule has 0 N–H and O–H groups in total. The number of carbonyl (C=O) groups excluding carboxylic acids is 1. The molecule has 0 atom stereocenters. The van der Waals surface area contributed by atoms with Gasteiger partial charge in [-0.25, -0.2) is 8.78 Å². The molecule has 2 rings (SSSR count). The van der Waals surface area contributed by atoms with E-state index in [1.165, 1.54) is 24.3 Å². The van der Waals surface area contributed by atoms with Crippen molar-refractivity contribution in [2.45, 2.75) is 6.42 Å². The summed E-state index contributed by atoms with van der Waals surface area (Å²) in [7, 11) is 0. The summed E-state index contributed by atoms with van der Waals surface area (Å²) in [6, 6.07) is 8.59. The number of carbonyl (C=O) groups is 1. The number of hydrogen-bond donors (Lipinski definition) is 0. The fourth-order valence-corrected chi connectivity index (χ4v) is 2.28. The largest absolute Gasteiger partial charge is 0.294 e. The standard InChI is InChI=1S/C14H8Br2F2O/c15-10-3-2-9(7-13(10)18)14(19)6-8-1-4-12(17)11(16)5-8/h1-5,7H,6H2. The molecule has 0 unspecified atom stereocenters. The number of halogens is 4. The summed E-state index contributed by atoms with van der Waals surface area (Å²) in [5, 5.41) is 0. The van der Waals surface area contributed by atoms with Crippen LogP contribution in [0.25, 0.3) is 0 Å². The van der Waals surface area contributed by atoms with Crippen molar-refractivity contribution in [3.63, 3.8) is 0 Å². The van der Waals surface area contributed by atoms with E-state index in [0.717, 1.165) is 0 Å². The van der Waals surface area contributed by atoms with Crippen LogP contribution in [0.4, 0.5) is 8.78 Å². The van der Waals surface area contributed by atoms with E-state index in [1.807, 2.05) is 0 Å². The molecule has 98 valence electrons. The van der Waals surface area contributed by atoms with Crippen molar-refractivity contribution in [1.29, 1.82) is 0 Å². The van der Waals surface area contributed by atoms with Gasteiger partial charge in [0.2, 0.25) is 0 Å². The van der Waals surface area contributed by atoms with Crippen molar-refractivity contribution in [1.82, 2.24) is 0 Å². The molecule has 5 heteroatoms. The molecule has 2 aromatic rings. The fraction of sp³-hybridized carbons (Fsp3) is 0.0714. The Morgan fingerprint density at radius 3 is 2.32 bits per heavy atom. The van der Waals surface area contributed by atoms with Crippen LogP contribution in [0.5, 0.6) is 0 Å². The highest BCUT2D eigenvalue weighted by atomic mass is 79.9. The maximum Gasteiger partial charge on any atom is 0.167 e. The normalized spacial score (nSPS) is 10.5.